The summed E-state index contributed by atoms with van der Waals surface area (Å²) >= 11 is 5.95. The second-order valence-corrected chi connectivity index (χ2v) is 10.3. The molecule has 1 unspecified atom stereocenters. The molecular formula is C22H20ClNO5S. The van der Waals surface area contributed by atoms with E-state index in [0.29, 0.717) is 22.4 Å². The van der Waals surface area contributed by atoms with Crippen molar-refractivity contribution >= 4 is 38.3 Å². The number of carbonyl (C=O) groups is 1. The molecule has 0 bridgehead atoms. The van der Waals surface area contributed by atoms with E-state index >= 15 is 0 Å². The van der Waals surface area contributed by atoms with Crippen molar-refractivity contribution in [3.63, 3.8) is 0 Å². The molecule has 156 valence electrons. The monoisotopic (exact) mass is 445 g/mol. The van der Waals surface area contributed by atoms with Gasteiger partial charge in [-0.2, -0.15) is 0 Å². The highest BCUT2D eigenvalue weighted by molar-refractivity contribution is 7.91. The van der Waals surface area contributed by atoms with Gasteiger partial charge in [0.1, 0.15) is 5.58 Å². The molecule has 0 spiro atoms. The van der Waals surface area contributed by atoms with E-state index in [0.717, 1.165) is 11.1 Å². The van der Waals surface area contributed by atoms with Gasteiger partial charge in [-0.25, -0.2) is 8.42 Å². The first-order valence-corrected chi connectivity index (χ1v) is 11.7. The minimum Gasteiger partial charge on any atom is -0.451 e. The van der Waals surface area contributed by atoms with Crippen LogP contribution in [0.3, 0.4) is 0 Å². The molecule has 6 nitrogen and oxygen atoms in total. The summed E-state index contributed by atoms with van der Waals surface area (Å²) in [6.45, 7) is 2.05. The van der Waals surface area contributed by atoms with Crippen molar-refractivity contribution in [2.24, 2.45) is 0 Å². The Balaban J connectivity index is 1.74. The first-order chi connectivity index (χ1) is 14.2. The number of hydrogen-bond donors (Lipinski definition) is 0. The largest absolute Gasteiger partial charge is 0.451 e. The Kier molecular flexibility index (Phi) is 5.42. The summed E-state index contributed by atoms with van der Waals surface area (Å²) in [7, 11) is -3.21. The van der Waals surface area contributed by atoms with Crippen LogP contribution in [0.5, 0.6) is 0 Å². The van der Waals surface area contributed by atoms with E-state index in [-0.39, 0.29) is 29.2 Å². The lowest BCUT2D eigenvalue weighted by Gasteiger charge is -2.28. The summed E-state index contributed by atoms with van der Waals surface area (Å²) in [5.74, 6) is -0.685. The van der Waals surface area contributed by atoms with Crippen molar-refractivity contribution in [1.29, 1.82) is 0 Å². The Morgan fingerprint density at radius 2 is 1.90 bits per heavy atom. The van der Waals surface area contributed by atoms with Crippen LogP contribution in [0.15, 0.2) is 57.7 Å². The smallest absolute Gasteiger partial charge is 0.290 e. The summed E-state index contributed by atoms with van der Waals surface area (Å²) < 4.78 is 29.9. The summed E-state index contributed by atoms with van der Waals surface area (Å²) in [5, 5.41) is 0.959. The van der Waals surface area contributed by atoms with Gasteiger partial charge in [0.25, 0.3) is 5.91 Å². The van der Waals surface area contributed by atoms with Gasteiger partial charge in [0.2, 0.25) is 0 Å². The average Bonchev–Trinajstić information content (AvgIpc) is 3.06. The van der Waals surface area contributed by atoms with Gasteiger partial charge in [0.15, 0.2) is 21.0 Å². The van der Waals surface area contributed by atoms with Crippen LogP contribution < -0.4 is 5.43 Å². The molecule has 1 aliphatic rings. The quantitative estimate of drug-likeness (QED) is 0.612. The zero-order valence-corrected chi connectivity index (χ0v) is 17.9. The Hall–Kier alpha value is -2.64. The molecule has 1 saturated heterocycles. The number of amides is 1. The molecule has 1 fully saturated rings. The highest BCUT2D eigenvalue weighted by Gasteiger charge is 2.36. The van der Waals surface area contributed by atoms with Gasteiger partial charge in [-0.1, -0.05) is 29.8 Å². The first kappa shape index (κ1) is 20.6. The van der Waals surface area contributed by atoms with E-state index < -0.39 is 21.8 Å². The zero-order chi connectivity index (χ0) is 21.5. The van der Waals surface area contributed by atoms with Crippen LogP contribution in [0.25, 0.3) is 11.0 Å². The molecule has 1 aliphatic heterocycles. The number of fused-ring (bicyclic) bond motifs is 1. The maximum atomic E-state index is 13.4. The molecule has 1 aromatic heterocycles. The van der Waals surface area contributed by atoms with Crippen LogP contribution in [-0.2, 0) is 16.4 Å². The average molecular weight is 446 g/mol. The molecule has 1 amide bonds. The summed E-state index contributed by atoms with van der Waals surface area (Å²) in [6, 6.07) is 12.9. The van der Waals surface area contributed by atoms with E-state index in [9.17, 15) is 18.0 Å². The molecule has 4 rings (SSSR count). The van der Waals surface area contributed by atoms with Crippen LogP contribution in [0.2, 0.25) is 5.02 Å². The Bertz CT molecular complexity index is 1280. The van der Waals surface area contributed by atoms with Gasteiger partial charge in [-0.05, 0) is 48.7 Å². The Morgan fingerprint density at radius 1 is 1.17 bits per heavy atom. The third kappa shape index (κ3) is 4.27. The van der Waals surface area contributed by atoms with Gasteiger partial charge in [0, 0.05) is 23.7 Å². The fourth-order valence-electron chi connectivity index (χ4n) is 3.68. The third-order valence-corrected chi connectivity index (χ3v) is 7.27. The highest BCUT2D eigenvalue weighted by Crippen LogP contribution is 2.24. The summed E-state index contributed by atoms with van der Waals surface area (Å²) in [4.78, 5) is 27.4. The topological polar surface area (TPSA) is 84.7 Å². The Morgan fingerprint density at radius 3 is 2.57 bits per heavy atom. The van der Waals surface area contributed by atoms with E-state index in [1.54, 1.807) is 42.5 Å². The fourth-order valence-corrected chi connectivity index (χ4v) is 5.54. The van der Waals surface area contributed by atoms with Crippen molar-refractivity contribution in [1.82, 2.24) is 4.90 Å². The SMILES string of the molecule is Cc1ccc2c(=O)cc(C(=O)N(Cc3ccc(Cl)cc3)C3CCS(=O)(=O)C3)oc2c1. The number of benzene rings is 2. The van der Waals surface area contributed by atoms with Crippen LogP contribution in [0.4, 0.5) is 0 Å². The van der Waals surface area contributed by atoms with Gasteiger partial charge < -0.3 is 9.32 Å². The van der Waals surface area contributed by atoms with Crippen molar-refractivity contribution in [3.05, 3.63) is 80.7 Å². The lowest BCUT2D eigenvalue weighted by atomic mass is 10.1. The highest BCUT2D eigenvalue weighted by atomic mass is 35.5. The maximum Gasteiger partial charge on any atom is 0.290 e. The Labute approximate surface area is 179 Å². The molecule has 0 saturated carbocycles. The van der Waals surface area contributed by atoms with E-state index in [1.165, 1.54) is 11.0 Å². The third-order valence-electron chi connectivity index (χ3n) is 5.27. The lowest BCUT2D eigenvalue weighted by molar-refractivity contribution is 0.0648. The van der Waals surface area contributed by atoms with E-state index in [2.05, 4.69) is 0 Å². The van der Waals surface area contributed by atoms with Crippen LogP contribution >= 0.6 is 11.6 Å². The molecule has 3 aromatic rings. The number of rotatable bonds is 4. The van der Waals surface area contributed by atoms with Crippen molar-refractivity contribution in [2.75, 3.05) is 11.5 Å². The second kappa shape index (κ2) is 7.89. The van der Waals surface area contributed by atoms with Gasteiger partial charge in [-0.3, -0.25) is 9.59 Å². The number of aryl methyl sites for hydroxylation is 1. The molecule has 2 aromatic carbocycles. The van der Waals surface area contributed by atoms with Gasteiger partial charge in [0.05, 0.1) is 16.9 Å². The minimum absolute atomic E-state index is 0.0307. The molecule has 0 aliphatic carbocycles. The molecule has 2 heterocycles. The summed E-state index contributed by atoms with van der Waals surface area (Å²) in [5.41, 5.74) is 1.72. The van der Waals surface area contributed by atoms with Crippen LogP contribution in [-0.4, -0.2) is 36.8 Å². The number of nitrogens with zero attached hydrogens (tertiary/aromatic N) is 1. The minimum atomic E-state index is -3.21. The number of carbonyl (C=O) groups excluding carboxylic acids is 1. The van der Waals surface area contributed by atoms with Crippen LogP contribution in [0, 0.1) is 6.92 Å². The predicted molar refractivity (Wildman–Crippen MR) is 116 cm³/mol. The van der Waals surface area contributed by atoms with Crippen molar-refractivity contribution in [3.8, 4) is 0 Å². The molecular weight excluding hydrogens is 426 g/mol. The lowest BCUT2D eigenvalue weighted by Crippen LogP contribution is -2.40. The van der Waals surface area contributed by atoms with Crippen molar-refractivity contribution in [2.45, 2.75) is 25.9 Å². The first-order valence-electron chi connectivity index (χ1n) is 9.52. The number of hydrogen-bond acceptors (Lipinski definition) is 5. The maximum absolute atomic E-state index is 13.4. The normalized spacial score (nSPS) is 17.9. The summed E-state index contributed by atoms with van der Waals surface area (Å²) in [6.07, 6.45) is 0.346. The molecule has 0 N–H and O–H groups in total. The molecule has 8 heteroatoms. The standard InChI is InChI=1S/C22H20ClNO5S/c1-14-2-7-18-19(25)11-21(29-20(18)10-14)22(26)24(17-8-9-30(27,28)13-17)12-15-3-5-16(23)6-4-15/h2-7,10-11,17H,8-9,12-13H2,1H3. The number of halogens is 1. The van der Waals surface area contributed by atoms with Gasteiger partial charge in [-0.15, -0.1) is 0 Å². The fraction of sp³-hybridized carbons (Fsp3) is 0.273. The predicted octanol–water partition coefficient (Wildman–Crippen LogP) is 3.58. The number of sulfone groups is 1. The molecule has 1 atom stereocenters. The van der Waals surface area contributed by atoms with Crippen molar-refractivity contribution < 1.29 is 17.6 Å². The zero-order valence-electron chi connectivity index (χ0n) is 16.3. The second-order valence-electron chi connectivity index (χ2n) is 7.59. The van der Waals surface area contributed by atoms with E-state index in [1.807, 2.05) is 6.92 Å². The van der Waals surface area contributed by atoms with Gasteiger partial charge >= 0.3 is 0 Å². The molecule has 30 heavy (non-hydrogen) atoms. The molecule has 0 radical (unpaired) electrons. The van der Waals surface area contributed by atoms with E-state index in [4.69, 9.17) is 16.0 Å². The van der Waals surface area contributed by atoms with Crippen LogP contribution in [0.1, 0.15) is 28.1 Å².